The van der Waals surface area contributed by atoms with Gasteiger partial charge in [0.25, 0.3) is 0 Å². The smallest absolute Gasteiger partial charge is 0.220 e. The summed E-state index contributed by atoms with van der Waals surface area (Å²) in [5, 5.41) is 7.73. The second kappa shape index (κ2) is 8.78. The molecule has 6 heteroatoms. The van der Waals surface area contributed by atoms with Crippen molar-refractivity contribution in [2.45, 2.75) is 25.8 Å². The van der Waals surface area contributed by atoms with Crippen LogP contribution in [0.15, 0.2) is 42.7 Å². The molecule has 6 nitrogen and oxygen atoms in total. The van der Waals surface area contributed by atoms with E-state index >= 15 is 0 Å². The topological polar surface area (TPSA) is 76.2 Å². The minimum Gasteiger partial charge on any atom is -0.369 e. The fourth-order valence-electron chi connectivity index (χ4n) is 3.29. The molecule has 3 rings (SSSR count). The molecule has 2 heterocycles. The first kappa shape index (κ1) is 17.6. The van der Waals surface area contributed by atoms with Crippen molar-refractivity contribution in [1.29, 1.82) is 0 Å². The molecule has 0 unspecified atom stereocenters. The molecule has 1 saturated heterocycles. The van der Waals surface area contributed by atoms with Crippen molar-refractivity contribution >= 4 is 5.91 Å². The van der Waals surface area contributed by atoms with E-state index in [1.165, 1.54) is 5.56 Å². The first-order valence-corrected chi connectivity index (χ1v) is 9.04. The lowest BCUT2D eigenvalue weighted by molar-refractivity contribution is -0.123. The van der Waals surface area contributed by atoms with E-state index in [0.29, 0.717) is 0 Å². The van der Waals surface area contributed by atoms with Gasteiger partial charge in [-0.1, -0.05) is 12.1 Å². The van der Waals surface area contributed by atoms with Crippen molar-refractivity contribution in [1.82, 2.24) is 20.0 Å². The van der Waals surface area contributed by atoms with Crippen LogP contribution in [0.25, 0.3) is 5.69 Å². The van der Waals surface area contributed by atoms with Gasteiger partial charge in [-0.15, -0.1) is 0 Å². The predicted molar refractivity (Wildman–Crippen MR) is 98.2 cm³/mol. The summed E-state index contributed by atoms with van der Waals surface area (Å²) >= 11 is 0. The summed E-state index contributed by atoms with van der Waals surface area (Å²) in [7, 11) is 0. The summed E-state index contributed by atoms with van der Waals surface area (Å²) < 4.78 is 1.86. The number of carbonyl (C=O) groups excluding carboxylic acids is 1. The van der Waals surface area contributed by atoms with Gasteiger partial charge in [-0.25, -0.2) is 4.68 Å². The number of piperidine rings is 1. The first-order chi connectivity index (χ1) is 12.2. The van der Waals surface area contributed by atoms with Crippen molar-refractivity contribution < 1.29 is 4.79 Å². The van der Waals surface area contributed by atoms with Crippen molar-refractivity contribution in [2.24, 2.45) is 11.7 Å². The number of nitrogens with one attached hydrogen (secondary N) is 1. The highest BCUT2D eigenvalue weighted by atomic mass is 16.1. The number of likely N-dealkylation sites (tertiary alicyclic amines) is 1. The molecule has 1 amide bonds. The summed E-state index contributed by atoms with van der Waals surface area (Å²) in [6.45, 7) is 4.93. The second-order valence-electron chi connectivity index (χ2n) is 6.67. The fourth-order valence-corrected chi connectivity index (χ4v) is 3.29. The Morgan fingerprint density at radius 1 is 1.24 bits per heavy atom. The molecule has 2 aromatic rings. The van der Waals surface area contributed by atoms with Gasteiger partial charge in [0.15, 0.2) is 0 Å². The van der Waals surface area contributed by atoms with Crippen LogP contribution in [0.2, 0.25) is 0 Å². The van der Waals surface area contributed by atoms with Crippen LogP contribution in [-0.2, 0) is 11.3 Å². The molecule has 3 N–H and O–H groups in total. The van der Waals surface area contributed by atoms with Crippen molar-refractivity contribution in [3.05, 3.63) is 48.3 Å². The first-order valence-electron chi connectivity index (χ1n) is 9.04. The summed E-state index contributed by atoms with van der Waals surface area (Å²) in [5.41, 5.74) is 7.73. The molecule has 0 aliphatic carbocycles. The van der Waals surface area contributed by atoms with Crippen LogP contribution in [0.3, 0.4) is 0 Å². The van der Waals surface area contributed by atoms with E-state index in [1.54, 1.807) is 6.20 Å². The molecule has 0 spiro atoms. The lowest BCUT2D eigenvalue weighted by Gasteiger charge is -2.30. The number of amides is 1. The number of nitrogens with zero attached hydrogens (tertiary/aromatic N) is 3. The average molecular weight is 341 g/mol. The minimum atomic E-state index is -0.139. The summed E-state index contributed by atoms with van der Waals surface area (Å²) in [4.78, 5) is 13.6. The third kappa shape index (κ3) is 5.14. The molecule has 1 aromatic carbocycles. The van der Waals surface area contributed by atoms with Crippen LogP contribution < -0.4 is 11.1 Å². The predicted octanol–water partition coefficient (Wildman–Crippen LogP) is 1.55. The Morgan fingerprint density at radius 2 is 2.00 bits per heavy atom. The standard InChI is InChI=1S/C19H27N5O/c20-19(25)17-7-13-23(14-8-17)11-1-9-21-15-16-3-5-18(6-4-16)24-12-2-10-22-24/h2-6,10,12,17,21H,1,7-9,11,13-15H2,(H2,20,25). The number of hydrogen-bond acceptors (Lipinski definition) is 4. The highest BCUT2D eigenvalue weighted by Gasteiger charge is 2.22. The molecule has 1 aliphatic rings. The molecule has 0 atom stereocenters. The van der Waals surface area contributed by atoms with E-state index in [-0.39, 0.29) is 11.8 Å². The number of nitrogens with two attached hydrogens (primary N) is 1. The molecule has 0 radical (unpaired) electrons. The van der Waals surface area contributed by atoms with Gasteiger partial charge in [0.2, 0.25) is 5.91 Å². The van der Waals surface area contributed by atoms with Crippen LogP contribution in [-0.4, -0.2) is 46.8 Å². The van der Waals surface area contributed by atoms with Crippen molar-refractivity contribution in [2.75, 3.05) is 26.2 Å². The van der Waals surface area contributed by atoms with E-state index < -0.39 is 0 Å². The highest BCUT2D eigenvalue weighted by Crippen LogP contribution is 2.16. The lowest BCUT2D eigenvalue weighted by Crippen LogP contribution is -2.39. The van der Waals surface area contributed by atoms with E-state index in [0.717, 1.165) is 57.7 Å². The molecule has 0 bridgehead atoms. The largest absolute Gasteiger partial charge is 0.369 e. The number of rotatable bonds is 8. The zero-order valence-electron chi connectivity index (χ0n) is 14.6. The van der Waals surface area contributed by atoms with Gasteiger partial charge in [-0.2, -0.15) is 5.10 Å². The van der Waals surface area contributed by atoms with Crippen LogP contribution in [0.4, 0.5) is 0 Å². The van der Waals surface area contributed by atoms with E-state index in [1.807, 2.05) is 16.9 Å². The van der Waals surface area contributed by atoms with Gasteiger partial charge >= 0.3 is 0 Å². The fraction of sp³-hybridized carbons (Fsp3) is 0.474. The summed E-state index contributed by atoms with van der Waals surface area (Å²) in [6, 6.07) is 10.4. The summed E-state index contributed by atoms with van der Waals surface area (Å²) in [5.74, 6) is -0.0565. The zero-order valence-corrected chi connectivity index (χ0v) is 14.6. The Hall–Kier alpha value is -2.18. The SMILES string of the molecule is NC(=O)C1CCN(CCCNCc2ccc(-n3cccn3)cc2)CC1. The molecule has 25 heavy (non-hydrogen) atoms. The third-order valence-corrected chi connectivity index (χ3v) is 4.85. The Kier molecular flexibility index (Phi) is 6.19. The van der Waals surface area contributed by atoms with Gasteiger partial charge in [-0.05, 0) is 69.2 Å². The molecule has 1 aliphatic heterocycles. The molecular formula is C19H27N5O. The quantitative estimate of drug-likeness (QED) is 0.714. The van der Waals surface area contributed by atoms with Gasteiger partial charge in [0.1, 0.15) is 0 Å². The maximum absolute atomic E-state index is 11.2. The number of benzene rings is 1. The molecule has 1 aromatic heterocycles. The average Bonchev–Trinajstić information content (AvgIpc) is 3.17. The van der Waals surface area contributed by atoms with Crippen LogP contribution in [0.5, 0.6) is 0 Å². The monoisotopic (exact) mass is 341 g/mol. The van der Waals surface area contributed by atoms with Gasteiger partial charge < -0.3 is 16.0 Å². The van der Waals surface area contributed by atoms with Crippen molar-refractivity contribution in [3.8, 4) is 5.69 Å². The van der Waals surface area contributed by atoms with Crippen molar-refractivity contribution in [3.63, 3.8) is 0 Å². The van der Waals surface area contributed by atoms with Crippen LogP contribution >= 0.6 is 0 Å². The summed E-state index contributed by atoms with van der Waals surface area (Å²) in [6.07, 6.45) is 6.66. The third-order valence-electron chi connectivity index (χ3n) is 4.85. The molecule has 0 saturated carbocycles. The van der Waals surface area contributed by atoms with E-state index in [2.05, 4.69) is 39.6 Å². The van der Waals surface area contributed by atoms with E-state index in [9.17, 15) is 4.79 Å². The van der Waals surface area contributed by atoms with Gasteiger partial charge in [0.05, 0.1) is 5.69 Å². The van der Waals surface area contributed by atoms with E-state index in [4.69, 9.17) is 5.73 Å². The Balaban J connectivity index is 1.31. The number of carbonyl (C=O) groups is 1. The molecule has 134 valence electrons. The Labute approximate surface area is 149 Å². The Bertz CT molecular complexity index is 645. The molecular weight excluding hydrogens is 314 g/mol. The van der Waals surface area contributed by atoms with Gasteiger partial charge in [-0.3, -0.25) is 4.79 Å². The maximum atomic E-state index is 11.2. The number of hydrogen-bond donors (Lipinski definition) is 2. The van der Waals surface area contributed by atoms with Gasteiger partial charge in [0, 0.05) is 24.9 Å². The number of aromatic nitrogens is 2. The number of primary amides is 1. The zero-order chi connectivity index (χ0) is 17.5. The lowest BCUT2D eigenvalue weighted by atomic mass is 9.96. The highest BCUT2D eigenvalue weighted by molar-refractivity contribution is 5.76. The molecule has 1 fully saturated rings. The maximum Gasteiger partial charge on any atom is 0.220 e. The van der Waals surface area contributed by atoms with Crippen LogP contribution in [0, 0.1) is 5.92 Å². The minimum absolute atomic E-state index is 0.0825. The Morgan fingerprint density at radius 3 is 2.64 bits per heavy atom. The normalized spacial score (nSPS) is 16.2. The van der Waals surface area contributed by atoms with Crippen LogP contribution in [0.1, 0.15) is 24.8 Å². The second-order valence-corrected chi connectivity index (χ2v) is 6.67.